The van der Waals surface area contributed by atoms with Crippen molar-refractivity contribution in [2.24, 2.45) is 5.92 Å². The van der Waals surface area contributed by atoms with Crippen LogP contribution in [0.5, 0.6) is 5.88 Å². The highest BCUT2D eigenvalue weighted by atomic mass is 16.5. The van der Waals surface area contributed by atoms with Crippen LogP contribution in [0.1, 0.15) is 20.3 Å². The quantitative estimate of drug-likeness (QED) is 0.791. The molecule has 1 aromatic heterocycles. The molecule has 3 N–H and O–H groups in total. The number of nitrogens with zero attached hydrogens (tertiary/aromatic N) is 1. The standard InChI is InChI=1S/C11H17N3O/c1-3-15-11-8(12)4-5-10(14-11)13-9-6-7(9)2/h4-5,7,9H,3,6,12H2,1-2H3,(H,13,14). The van der Waals surface area contributed by atoms with Crippen LogP contribution in [0.15, 0.2) is 12.1 Å². The van der Waals surface area contributed by atoms with Gasteiger partial charge in [0.05, 0.1) is 12.3 Å². The van der Waals surface area contributed by atoms with Crippen molar-refractivity contribution in [1.82, 2.24) is 4.98 Å². The third-order valence-corrected chi connectivity index (χ3v) is 2.61. The minimum Gasteiger partial charge on any atom is -0.476 e. The van der Waals surface area contributed by atoms with Crippen LogP contribution in [-0.2, 0) is 0 Å². The summed E-state index contributed by atoms with van der Waals surface area (Å²) in [4.78, 5) is 4.32. The second kappa shape index (κ2) is 3.96. The fourth-order valence-electron chi connectivity index (χ4n) is 1.50. The van der Waals surface area contributed by atoms with E-state index in [9.17, 15) is 0 Å². The molecule has 4 nitrogen and oxygen atoms in total. The Morgan fingerprint density at radius 3 is 2.93 bits per heavy atom. The van der Waals surface area contributed by atoms with Crippen LogP contribution in [0.3, 0.4) is 0 Å². The van der Waals surface area contributed by atoms with Crippen molar-refractivity contribution in [2.75, 3.05) is 17.7 Å². The molecule has 2 atom stereocenters. The summed E-state index contributed by atoms with van der Waals surface area (Å²) in [5.74, 6) is 2.12. The van der Waals surface area contributed by atoms with E-state index in [1.54, 1.807) is 0 Å². The number of ether oxygens (including phenoxy) is 1. The Kier molecular flexibility index (Phi) is 2.66. The molecule has 0 saturated heterocycles. The van der Waals surface area contributed by atoms with Crippen molar-refractivity contribution in [1.29, 1.82) is 0 Å². The van der Waals surface area contributed by atoms with E-state index in [4.69, 9.17) is 10.5 Å². The van der Waals surface area contributed by atoms with Gasteiger partial charge in [-0.1, -0.05) is 6.92 Å². The highest BCUT2D eigenvalue weighted by molar-refractivity contribution is 5.54. The maximum absolute atomic E-state index is 5.73. The third kappa shape index (κ3) is 2.32. The summed E-state index contributed by atoms with van der Waals surface area (Å²) in [6.45, 7) is 4.73. The number of nitrogens with two attached hydrogens (primary N) is 1. The molecule has 1 fully saturated rings. The molecule has 1 heterocycles. The zero-order valence-corrected chi connectivity index (χ0v) is 9.16. The monoisotopic (exact) mass is 207 g/mol. The molecule has 0 aliphatic heterocycles. The van der Waals surface area contributed by atoms with Crippen molar-refractivity contribution in [3.05, 3.63) is 12.1 Å². The Morgan fingerprint density at radius 2 is 2.33 bits per heavy atom. The van der Waals surface area contributed by atoms with Gasteiger partial charge in [0.25, 0.3) is 0 Å². The van der Waals surface area contributed by atoms with E-state index in [-0.39, 0.29) is 0 Å². The molecule has 0 radical (unpaired) electrons. The lowest BCUT2D eigenvalue weighted by molar-refractivity contribution is 0.329. The Labute approximate surface area is 89.8 Å². The highest BCUT2D eigenvalue weighted by Gasteiger charge is 2.32. The number of anilines is 2. The first-order chi connectivity index (χ1) is 7.20. The molecule has 82 valence electrons. The second-order valence-corrected chi connectivity index (χ2v) is 3.99. The number of aromatic nitrogens is 1. The summed E-state index contributed by atoms with van der Waals surface area (Å²) >= 11 is 0. The summed E-state index contributed by atoms with van der Waals surface area (Å²) in [7, 11) is 0. The lowest BCUT2D eigenvalue weighted by Gasteiger charge is -2.09. The largest absolute Gasteiger partial charge is 0.476 e. The van der Waals surface area contributed by atoms with Crippen molar-refractivity contribution < 1.29 is 4.74 Å². The number of hydrogen-bond donors (Lipinski definition) is 2. The van der Waals surface area contributed by atoms with E-state index in [0.717, 1.165) is 11.7 Å². The third-order valence-electron chi connectivity index (χ3n) is 2.61. The van der Waals surface area contributed by atoms with Gasteiger partial charge in [0, 0.05) is 6.04 Å². The van der Waals surface area contributed by atoms with Crippen LogP contribution in [0.2, 0.25) is 0 Å². The lowest BCUT2D eigenvalue weighted by Crippen LogP contribution is -2.07. The number of nitrogens with one attached hydrogen (secondary N) is 1. The molecule has 2 rings (SSSR count). The van der Waals surface area contributed by atoms with Gasteiger partial charge in [-0.2, -0.15) is 4.98 Å². The molecular formula is C11H17N3O. The van der Waals surface area contributed by atoms with Crippen LogP contribution in [0, 0.1) is 5.92 Å². The van der Waals surface area contributed by atoms with Crippen molar-refractivity contribution in [3.8, 4) is 5.88 Å². The van der Waals surface area contributed by atoms with E-state index in [2.05, 4.69) is 17.2 Å². The van der Waals surface area contributed by atoms with E-state index in [1.807, 2.05) is 19.1 Å². The van der Waals surface area contributed by atoms with Gasteiger partial charge in [-0.15, -0.1) is 0 Å². The lowest BCUT2D eigenvalue weighted by atomic mass is 10.4. The number of hydrogen-bond acceptors (Lipinski definition) is 4. The first-order valence-corrected chi connectivity index (χ1v) is 5.36. The zero-order valence-electron chi connectivity index (χ0n) is 9.16. The summed E-state index contributed by atoms with van der Waals surface area (Å²) < 4.78 is 5.33. The zero-order chi connectivity index (χ0) is 10.8. The fourth-order valence-corrected chi connectivity index (χ4v) is 1.50. The first-order valence-electron chi connectivity index (χ1n) is 5.36. The number of rotatable bonds is 4. The van der Waals surface area contributed by atoms with Crippen LogP contribution in [0.4, 0.5) is 11.5 Å². The van der Waals surface area contributed by atoms with Gasteiger partial charge >= 0.3 is 0 Å². The first kappa shape index (κ1) is 10.1. The smallest absolute Gasteiger partial charge is 0.239 e. The normalized spacial score (nSPS) is 23.6. The van der Waals surface area contributed by atoms with Gasteiger partial charge in [0.1, 0.15) is 5.82 Å². The van der Waals surface area contributed by atoms with Gasteiger partial charge in [0.2, 0.25) is 5.88 Å². The van der Waals surface area contributed by atoms with Gasteiger partial charge in [-0.3, -0.25) is 0 Å². The molecule has 0 bridgehead atoms. The Morgan fingerprint density at radius 1 is 1.60 bits per heavy atom. The van der Waals surface area contributed by atoms with Crippen molar-refractivity contribution >= 4 is 11.5 Å². The average Bonchev–Trinajstić information content (AvgIpc) is 2.88. The molecular weight excluding hydrogens is 190 g/mol. The number of pyridine rings is 1. The predicted octanol–water partition coefficient (Wildman–Crippen LogP) is 1.88. The molecule has 4 heteroatoms. The maximum atomic E-state index is 5.73. The predicted molar refractivity (Wildman–Crippen MR) is 61.0 cm³/mol. The summed E-state index contributed by atoms with van der Waals surface area (Å²) in [6.07, 6.45) is 1.22. The topological polar surface area (TPSA) is 60.2 Å². The maximum Gasteiger partial charge on any atom is 0.239 e. The van der Waals surface area contributed by atoms with E-state index < -0.39 is 0 Å². The Hall–Kier alpha value is -1.45. The average molecular weight is 207 g/mol. The molecule has 0 spiro atoms. The van der Waals surface area contributed by atoms with E-state index in [1.165, 1.54) is 6.42 Å². The van der Waals surface area contributed by atoms with Gasteiger partial charge in [0.15, 0.2) is 0 Å². The Bertz CT molecular complexity index is 354. The van der Waals surface area contributed by atoms with Crippen LogP contribution in [0.25, 0.3) is 0 Å². The SMILES string of the molecule is CCOc1nc(NC2CC2C)ccc1N. The summed E-state index contributed by atoms with van der Waals surface area (Å²) in [6, 6.07) is 4.28. The molecule has 15 heavy (non-hydrogen) atoms. The molecule has 1 aromatic rings. The molecule has 1 aliphatic rings. The van der Waals surface area contributed by atoms with Crippen LogP contribution >= 0.6 is 0 Å². The van der Waals surface area contributed by atoms with Gasteiger partial charge in [-0.05, 0) is 31.4 Å². The minimum absolute atomic E-state index is 0.524. The molecule has 1 saturated carbocycles. The van der Waals surface area contributed by atoms with E-state index >= 15 is 0 Å². The van der Waals surface area contributed by atoms with Crippen molar-refractivity contribution in [3.63, 3.8) is 0 Å². The summed E-state index contributed by atoms with van der Waals surface area (Å²) in [5, 5.41) is 3.34. The second-order valence-electron chi connectivity index (χ2n) is 3.99. The van der Waals surface area contributed by atoms with Gasteiger partial charge in [-0.25, -0.2) is 0 Å². The fraction of sp³-hybridized carbons (Fsp3) is 0.545. The summed E-state index contributed by atoms with van der Waals surface area (Å²) in [5.41, 5.74) is 6.32. The Balaban J connectivity index is 2.07. The molecule has 0 amide bonds. The van der Waals surface area contributed by atoms with Crippen molar-refractivity contribution in [2.45, 2.75) is 26.3 Å². The highest BCUT2D eigenvalue weighted by Crippen LogP contribution is 2.33. The van der Waals surface area contributed by atoms with E-state index in [0.29, 0.717) is 24.2 Å². The molecule has 2 unspecified atom stereocenters. The molecule has 1 aliphatic carbocycles. The van der Waals surface area contributed by atoms with Crippen LogP contribution in [-0.4, -0.2) is 17.6 Å². The minimum atomic E-state index is 0.524. The number of nitrogen functional groups attached to an aromatic ring is 1. The van der Waals surface area contributed by atoms with Crippen LogP contribution < -0.4 is 15.8 Å². The van der Waals surface area contributed by atoms with Gasteiger partial charge < -0.3 is 15.8 Å². The molecule has 0 aromatic carbocycles.